The molecule has 0 N–H and O–H groups in total. The summed E-state index contributed by atoms with van der Waals surface area (Å²) >= 11 is 0. The Morgan fingerprint density at radius 2 is 1.81 bits per heavy atom. The average molecular weight is 230 g/mol. The molecule has 1 rings (SSSR count). The van der Waals surface area contributed by atoms with E-state index in [1.165, 1.54) is 5.56 Å². The van der Waals surface area contributed by atoms with Gasteiger partial charge in [0.2, 0.25) is 0 Å². The molecule has 0 aliphatic carbocycles. The molecule has 1 heterocycles. The second-order valence-corrected chi connectivity index (χ2v) is 3.52. The number of halogens is 3. The molecular formula is C11H13F3N2. The number of rotatable bonds is 1. The maximum Gasteiger partial charge on any atom is 0.386 e. The van der Waals surface area contributed by atoms with Crippen molar-refractivity contribution in [2.24, 2.45) is 0 Å². The van der Waals surface area contributed by atoms with Gasteiger partial charge in [-0.2, -0.15) is 18.4 Å². The van der Waals surface area contributed by atoms with Gasteiger partial charge in [0.15, 0.2) is 0 Å². The highest BCUT2D eigenvalue weighted by atomic mass is 19.4. The molecule has 1 aromatic heterocycles. The third-order valence-electron chi connectivity index (χ3n) is 1.57. The zero-order valence-corrected chi connectivity index (χ0v) is 9.34. The van der Waals surface area contributed by atoms with Crippen molar-refractivity contribution in [3.8, 4) is 6.07 Å². The molecule has 0 amide bonds. The third-order valence-corrected chi connectivity index (χ3v) is 1.57. The Balaban J connectivity index is 0.000000385. The number of nitrogens with zero attached hydrogens (tertiary/aromatic N) is 2. The molecule has 0 bridgehead atoms. The molecule has 2 nitrogen and oxygen atoms in total. The van der Waals surface area contributed by atoms with Gasteiger partial charge in [-0.1, -0.05) is 19.9 Å². The minimum atomic E-state index is -4.00. The molecule has 0 unspecified atom stereocenters. The van der Waals surface area contributed by atoms with Crippen LogP contribution in [0.4, 0.5) is 13.2 Å². The summed E-state index contributed by atoms with van der Waals surface area (Å²) in [5, 5.41) is 8.45. The van der Waals surface area contributed by atoms with Gasteiger partial charge in [0.05, 0.1) is 0 Å². The molecule has 1 aromatic rings. The largest absolute Gasteiger partial charge is 0.386 e. The van der Waals surface area contributed by atoms with Gasteiger partial charge >= 0.3 is 6.18 Å². The van der Waals surface area contributed by atoms with Crippen molar-refractivity contribution < 1.29 is 13.2 Å². The van der Waals surface area contributed by atoms with Crippen molar-refractivity contribution in [3.05, 3.63) is 29.6 Å². The Hall–Kier alpha value is -1.57. The highest BCUT2D eigenvalue weighted by molar-refractivity contribution is 5.24. The first-order valence-corrected chi connectivity index (χ1v) is 4.67. The van der Waals surface area contributed by atoms with Crippen molar-refractivity contribution in [2.45, 2.75) is 32.9 Å². The predicted molar refractivity (Wildman–Crippen MR) is 54.8 cm³/mol. The normalized spacial score (nSPS) is 10.4. The van der Waals surface area contributed by atoms with Gasteiger partial charge in [-0.3, -0.25) is 0 Å². The lowest BCUT2D eigenvalue weighted by Gasteiger charge is -2.02. The molecule has 88 valence electrons. The van der Waals surface area contributed by atoms with E-state index in [1.807, 2.05) is 12.1 Å². The van der Waals surface area contributed by atoms with Crippen LogP contribution in [0.25, 0.3) is 0 Å². The molecule has 0 fully saturated rings. The Bertz CT molecular complexity index is 341. The van der Waals surface area contributed by atoms with Crippen molar-refractivity contribution in [3.63, 3.8) is 0 Å². The number of pyridine rings is 1. The van der Waals surface area contributed by atoms with Crippen molar-refractivity contribution in [1.82, 2.24) is 4.98 Å². The van der Waals surface area contributed by atoms with Gasteiger partial charge < -0.3 is 0 Å². The highest BCUT2D eigenvalue weighted by Crippen LogP contribution is 2.12. The molecule has 0 aromatic carbocycles. The highest BCUT2D eigenvalue weighted by Gasteiger charge is 2.15. The number of aromatic nitrogens is 1. The summed E-state index contributed by atoms with van der Waals surface area (Å²) < 4.78 is 31.1. The van der Waals surface area contributed by atoms with Crippen LogP contribution in [0, 0.1) is 11.3 Å². The monoisotopic (exact) mass is 230 g/mol. The van der Waals surface area contributed by atoms with Crippen LogP contribution >= 0.6 is 0 Å². The van der Waals surface area contributed by atoms with Gasteiger partial charge in [0, 0.05) is 13.1 Å². The van der Waals surface area contributed by atoms with E-state index in [2.05, 4.69) is 18.8 Å². The Labute approximate surface area is 92.7 Å². The Morgan fingerprint density at radius 3 is 2.06 bits per heavy atom. The summed E-state index contributed by atoms with van der Waals surface area (Å²) in [6, 6.07) is 5.67. The molecule has 0 radical (unpaired) electrons. The first-order valence-electron chi connectivity index (χ1n) is 4.67. The van der Waals surface area contributed by atoms with Crippen LogP contribution in [0.15, 0.2) is 18.3 Å². The maximum atomic E-state index is 10.4. The van der Waals surface area contributed by atoms with E-state index in [0.717, 1.165) is 0 Å². The topological polar surface area (TPSA) is 36.7 Å². The number of alkyl halides is 3. The van der Waals surface area contributed by atoms with Crippen LogP contribution in [0.3, 0.4) is 0 Å². The van der Waals surface area contributed by atoms with E-state index in [9.17, 15) is 13.2 Å². The van der Waals surface area contributed by atoms with Gasteiger partial charge in [0.1, 0.15) is 11.8 Å². The van der Waals surface area contributed by atoms with Crippen molar-refractivity contribution in [2.75, 3.05) is 0 Å². The molecule has 5 heteroatoms. The predicted octanol–water partition coefficient (Wildman–Crippen LogP) is 3.65. The van der Waals surface area contributed by atoms with E-state index in [1.54, 1.807) is 12.3 Å². The van der Waals surface area contributed by atoms with Crippen LogP contribution in [-0.4, -0.2) is 11.2 Å². The smallest absolute Gasteiger partial charge is 0.245 e. The van der Waals surface area contributed by atoms with Gasteiger partial charge in [0.25, 0.3) is 0 Å². The quantitative estimate of drug-likeness (QED) is 0.738. The lowest BCUT2D eigenvalue weighted by Crippen LogP contribution is -1.95. The molecule has 0 aliphatic heterocycles. The third kappa shape index (κ3) is 7.80. The van der Waals surface area contributed by atoms with Crippen LogP contribution in [0.5, 0.6) is 0 Å². The SMILES string of the molecule is CC(C)c1ccc(C#N)nc1.CC(F)(F)F. The first kappa shape index (κ1) is 14.4. The second kappa shape index (κ2) is 6.11. The van der Waals surface area contributed by atoms with Gasteiger partial charge in [-0.15, -0.1) is 0 Å². The molecule has 0 saturated carbocycles. The van der Waals surface area contributed by atoms with Gasteiger partial charge in [-0.25, -0.2) is 4.98 Å². The lowest BCUT2D eigenvalue weighted by molar-refractivity contribution is -0.110. The fraction of sp³-hybridized carbons (Fsp3) is 0.455. The Morgan fingerprint density at radius 1 is 1.31 bits per heavy atom. The number of nitriles is 1. The van der Waals surface area contributed by atoms with E-state index in [4.69, 9.17) is 5.26 Å². The molecular weight excluding hydrogens is 217 g/mol. The fourth-order valence-corrected chi connectivity index (χ4v) is 0.813. The van der Waals surface area contributed by atoms with Gasteiger partial charge in [-0.05, 0) is 17.5 Å². The average Bonchev–Trinajstić information content (AvgIpc) is 2.15. The summed E-state index contributed by atoms with van der Waals surface area (Å²) in [7, 11) is 0. The van der Waals surface area contributed by atoms with Crippen LogP contribution in [0.2, 0.25) is 0 Å². The molecule has 16 heavy (non-hydrogen) atoms. The zero-order chi connectivity index (χ0) is 12.8. The van der Waals surface area contributed by atoms with E-state index < -0.39 is 6.18 Å². The molecule has 0 saturated heterocycles. The fourth-order valence-electron chi connectivity index (χ4n) is 0.813. The van der Waals surface area contributed by atoms with Crippen LogP contribution in [-0.2, 0) is 0 Å². The summed E-state index contributed by atoms with van der Waals surface area (Å²) in [6.07, 6.45) is -2.25. The summed E-state index contributed by atoms with van der Waals surface area (Å²) in [5.74, 6) is 0.482. The molecule has 0 spiro atoms. The second-order valence-electron chi connectivity index (χ2n) is 3.52. The van der Waals surface area contributed by atoms with Crippen LogP contribution < -0.4 is 0 Å². The van der Waals surface area contributed by atoms with E-state index in [0.29, 0.717) is 11.6 Å². The van der Waals surface area contributed by atoms with E-state index >= 15 is 0 Å². The van der Waals surface area contributed by atoms with Crippen molar-refractivity contribution >= 4 is 0 Å². The number of hydrogen-bond acceptors (Lipinski definition) is 2. The summed E-state index contributed by atoms with van der Waals surface area (Å²) in [4.78, 5) is 3.96. The minimum absolute atomic E-state index is 0.188. The van der Waals surface area contributed by atoms with E-state index in [-0.39, 0.29) is 6.92 Å². The lowest BCUT2D eigenvalue weighted by atomic mass is 10.1. The standard InChI is InChI=1S/C9H10N2.C2H3F3/c1-7(2)8-3-4-9(5-10)11-6-8;1-2(3,4)5/h3-4,6-7H,1-2H3;1H3. The summed E-state index contributed by atoms with van der Waals surface area (Å²) in [5.41, 5.74) is 1.65. The maximum absolute atomic E-state index is 10.4. The van der Waals surface area contributed by atoms with Crippen LogP contribution in [0.1, 0.15) is 37.9 Å². The minimum Gasteiger partial charge on any atom is -0.245 e. The Kier molecular flexibility index (Phi) is 5.51. The molecule has 0 atom stereocenters. The zero-order valence-electron chi connectivity index (χ0n) is 9.34. The van der Waals surface area contributed by atoms with Crippen molar-refractivity contribution in [1.29, 1.82) is 5.26 Å². The summed E-state index contributed by atoms with van der Waals surface area (Å²) in [6.45, 7) is 4.39. The number of hydrogen-bond donors (Lipinski definition) is 0. The first-order chi connectivity index (χ1) is 7.24. The molecule has 0 aliphatic rings.